The first-order chi connectivity index (χ1) is 18.3. The largest absolute Gasteiger partial charge is 0.496 e. The van der Waals surface area contributed by atoms with E-state index in [1.165, 1.54) is 38.5 Å². The van der Waals surface area contributed by atoms with E-state index in [-0.39, 0.29) is 16.8 Å². The molecule has 38 heavy (non-hydrogen) atoms. The van der Waals surface area contributed by atoms with Gasteiger partial charge in [0.25, 0.3) is 0 Å². The summed E-state index contributed by atoms with van der Waals surface area (Å²) in [7, 11) is 4.92. The van der Waals surface area contributed by atoms with Crippen molar-refractivity contribution in [2.75, 3.05) is 21.3 Å². The summed E-state index contributed by atoms with van der Waals surface area (Å²) < 4.78 is 22.3. The Hall–Kier alpha value is -1.82. The lowest BCUT2D eigenvalue weighted by Crippen LogP contribution is -2.26. The van der Waals surface area contributed by atoms with Crippen LogP contribution in [0.25, 0.3) is 0 Å². The summed E-state index contributed by atoms with van der Waals surface area (Å²) in [5, 5.41) is 0. The van der Waals surface area contributed by atoms with E-state index >= 15 is 0 Å². The molecule has 1 aromatic carbocycles. The summed E-state index contributed by atoms with van der Waals surface area (Å²) in [6, 6.07) is 3.73. The van der Waals surface area contributed by atoms with Gasteiger partial charge in [-0.1, -0.05) is 78.4 Å². The van der Waals surface area contributed by atoms with Crippen LogP contribution in [0.15, 0.2) is 24.3 Å². The molecule has 1 rings (SSSR count). The van der Waals surface area contributed by atoms with E-state index in [9.17, 15) is 4.79 Å². The average molecular weight is 551 g/mol. The minimum absolute atomic E-state index is 0.0100. The van der Waals surface area contributed by atoms with Gasteiger partial charge in [0, 0.05) is 28.2 Å². The van der Waals surface area contributed by atoms with Crippen LogP contribution in [0.3, 0.4) is 0 Å². The van der Waals surface area contributed by atoms with Gasteiger partial charge in [0.05, 0.1) is 27.8 Å². The number of ether oxygens (including phenoxy) is 4. The second kappa shape index (κ2) is 20.1. The van der Waals surface area contributed by atoms with E-state index in [4.69, 9.17) is 18.9 Å². The zero-order chi connectivity index (χ0) is 28.2. The molecular weight excluding hydrogens is 496 g/mol. The molecule has 0 fully saturated rings. The van der Waals surface area contributed by atoms with E-state index in [0.717, 1.165) is 55.6 Å². The SMILES string of the molecule is CCCC=CCCCC(CCCCCCCC)OC(=O)CC(C)(C)SCc1c(OC)cc(OC)cc1OC. The normalized spacial score (nSPS) is 12.5. The molecule has 1 aromatic rings. The molecule has 5 nitrogen and oxygen atoms in total. The minimum Gasteiger partial charge on any atom is -0.496 e. The number of rotatable bonds is 22. The summed E-state index contributed by atoms with van der Waals surface area (Å²) in [4.78, 5) is 13.0. The van der Waals surface area contributed by atoms with E-state index in [0.29, 0.717) is 17.9 Å². The molecule has 0 aromatic heterocycles. The van der Waals surface area contributed by atoms with Crippen LogP contribution in [-0.4, -0.2) is 38.1 Å². The van der Waals surface area contributed by atoms with Crippen LogP contribution < -0.4 is 14.2 Å². The van der Waals surface area contributed by atoms with Crippen molar-refractivity contribution in [1.29, 1.82) is 0 Å². The van der Waals surface area contributed by atoms with E-state index < -0.39 is 0 Å². The van der Waals surface area contributed by atoms with Crippen molar-refractivity contribution in [1.82, 2.24) is 0 Å². The van der Waals surface area contributed by atoms with Crippen LogP contribution in [0.4, 0.5) is 0 Å². The smallest absolute Gasteiger partial charge is 0.307 e. The van der Waals surface area contributed by atoms with E-state index in [1.807, 2.05) is 12.1 Å². The Balaban J connectivity index is 2.70. The molecule has 0 saturated carbocycles. The second-order valence-electron chi connectivity index (χ2n) is 10.6. The number of unbranched alkanes of at least 4 members (excludes halogenated alkanes) is 7. The molecule has 1 unspecified atom stereocenters. The molecule has 0 amide bonds. The van der Waals surface area contributed by atoms with Crippen LogP contribution in [0.5, 0.6) is 17.2 Å². The molecule has 218 valence electrons. The summed E-state index contributed by atoms with van der Waals surface area (Å²) >= 11 is 1.71. The third-order valence-electron chi connectivity index (χ3n) is 6.69. The Morgan fingerprint density at radius 3 is 2.05 bits per heavy atom. The maximum absolute atomic E-state index is 13.0. The first kappa shape index (κ1) is 34.2. The van der Waals surface area contributed by atoms with Gasteiger partial charge >= 0.3 is 5.97 Å². The minimum atomic E-state index is -0.291. The van der Waals surface area contributed by atoms with Crippen molar-refractivity contribution < 1.29 is 23.7 Å². The molecule has 0 radical (unpaired) electrons. The molecule has 6 heteroatoms. The highest BCUT2D eigenvalue weighted by Gasteiger charge is 2.27. The number of hydrogen-bond acceptors (Lipinski definition) is 6. The highest BCUT2D eigenvalue weighted by molar-refractivity contribution is 7.99. The molecule has 1 atom stereocenters. The zero-order valence-electron chi connectivity index (χ0n) is 25.2. The molecule has 0 bridgehead atoms. The molecule has 0 N–H and O–H groups in total. The standard InChI is InChI=1S/C32H54O5S/c1-8-10-12-14-16-18-20-26(21-19-17-15-13-11-9-2)37-31(33)24-32(3,4)38-25-28-29(35-6)22-27(34-5)23-30(28)36-7/h12,14,22-23,26H,8-11,13,15-21,24-25H2,1-7H3. The predicted octanol–water partition coefficient (Wildman–Crippen LogP) is 9.30. The topological polar surface area (TPSA) is 54.0 Å². The van der Waals surface area contributed by atoms with Gasteiger partial charge in [-0.15, -0.1) is 0 Å². The van der Waals surface area contributed by atoms with Crippen LogP contribution in [0.2, 0.25) is 0 Å². The Morgan fingerprint density at radius 2 is 1.45 bits per heavy atom. The lowest BCUT2D eigenvalue weighted by molar-refractivity contribution is -0.150. The molecule has 0 aliphatic rings. The average Bonchev–Trinajstić information content (AvgIpc) is 2.90. The third-order valence-corrected chi connectivity index (χ3v) is 8.05. The zero-order valence-corrected chi connectivity index (χ0v) is 26.1. The van der Waals surface area contributed by atoms with Crippen molar-refractivity contribution in [2.45, 2.75) is 128 Å². The number of carbonyl (C=O) groups excluding carboxylic acids is 1. The fourth-order valence-electron chi connectivity index (χ4n) is 4.39. The Bertz CT molecular complexity index is 780. The number of thioether (sulfide) groups is 1. The monoisotopic (exact) mass is 550 g/mol. The van der Waals surface area contributed by atoms with Crippen molar-refractivity contribution in [3.8, 4) is 17.2 Å². The molecule has 0 aliphatic carbocycles. The number of allylic oxidation sites excluding steroid dienone is 2. The fourth-order valence-corrected chi connectivity index (χ4v) is 5.43. The van der Waals surface area contributed by atoms with Gasteiger partial charge < -0.3 is 18.9 Å². The van der Waals surface area contributed by atoms with Gasteiger partial charge in [-0.05, 0) is 38.5 Å². The van der Waals surface area contributed by atoms with E-state index in [1.54, 1.807) is 33.1 Å². The Kier molecular flexibility index (Phi) is 18.1. The molecule has 0 saturated heterocycles. The van der Waals surface area contributed by atoms with Crippen molar-refractivity contribution in [3.05, 3.63) is 29.8 Å². The van der Waals surface area contributed by atoms with Crippen LogP contribution in [0.1, 0.15) is 117 Å². The van der Waals surface area contributed by atoms with E-state index in [2.05, 4.69) is 39.8 Å². The summed E-state index contributed by atoms with van der Waals surface area (Å²) in [5.74, 6) is 2.68. The Morgan fingerprint density at radius 1 is 0.842 bits per heavy atom. The lowest BCUT2D eigenvalue weighted by atomic mass is 10.0. The lowest BCUT2D eigenvalue weighted by Gasteiger charge is -2.26. The van der Waals surface area contributed by atoms with Gasteiger partial charge in [-0.2, -0.15) is 11.8 Å². The van der Waals surface area contributed by atoms with Crippen LogP contribution in [0, 0.1) is 0 Å². The molecule has 0 heterocycles. The first-order valence-electron chi connectivity index (χ1n) is 14.6. The summed E-state index contributed by atoms with van der Waals surface area (Å²) in [6.07, 6.45) is 18.7. The number of hydrogen-bond donors (Lipinski definition) is 0. The number of carbonyl (C=O) groups is 1. The van der Waals surface area contributed by atoms with Gasteiger partial charge in [0.2, 0.25) is 0 Å². The maximum Gasteiger partial charge on any atom is 0.307 e. The van der Waals surface area contributed by atoms with Crippen molar-refractivity contribution in [3.63, 3.8) is 0 Å². The Labute approximate surface area is 237 Å². The molecule has 0 spiro atoms. The van der Waals surface area contributed by atoms with Crippen molar-refractivity contribution in [2.24, 2.45) is 0 Å². The van der Waals surface area contributed by atoms with Crippen molar-refractivity contribution >= 4 is 17.7 Å². The molecular formula is C32H54O5S. The number of esters is 1. The van der Waals surface area contributed by atoms with Gasteiger partial charge in [0.1, 0.15) is 23.4 Å². The second-order valence-corrected chi connectivity index (χ2v) is 12.3. The van der Waals surface area contributed by atoms with Crippen LogP contribution >= 0.6 is 11.8 Å². The van der Waals surface area contributed by atoms with Gasteiger partial charge in [-0.25, -0.2) is 0 Å². The number of benzene rings is 1. The third kappa shape index (κ3) is 14.4. The predicted molar refractivity (Wildman–Crippen MR) is 162 cm³/mol. The molecule has 0 aliphatic heterocycles. The van der Waals surface area contributed by atoms with Crippen LogP contribution in [-0.2, 0) is 15.3 Å². The highest BCUT2D eigenvalue weighted by atomic mass is 32.2. The number of methoxy groups -OCH3 is 3. The quantitative estimate of drug-likeness (QED) is 0.0814. The summed E-state index contributed by atoms with van der Waals surface area (Å²) in [5.41, 5.74) is 0.958. The maximum atomic E-state index is 13.0. The first-order valence-corrected chi connectivity index (χ1v) is 15.6. The van der Waals surface area contributed by atoms with Gasteiger partial charge in [-0.3, -0.25) is 4.79 Å². The fraction of sp³-hybridized carbons (Fsp3) is 0.719. The summed E-state index contributed by atoms with van der Waals surface area (Å²) in [6.45, 7) is 8.64. The highest BCUT2D eigenvalue weighted by Crippen LogP contribution is 2.40. The van der Waals surface area contributed by atoms with Gasteiger partial charge in [0.15, 0.2) is 0 Å².